The molecule has 0 aliphatic heterocycles. The zero-order valence-corrected chi connectivity index (χ0v) is 9.79. The summed E-state index contributed by atoms with van der Waals surface area (Å²) in [6.45, 7) is 7.47. The summed E-state index contributed by atoms with van der Waals surface area (Å²) in [6.07, 6.45) is 0. The Balaban J connectivity index is 4.00. The molecule has 0 aromatic carbocycles. The van der Waals surface area contributed by atoms with E-state index in [4.69, 9.17) is 5.73 Å². The van der Waals surface area contributed by atoms with Crippen molar-refractivity contribution in [3.8, 4) is 0 Å². The number of nitrogens with one attached hydrogen (secondary N) is 1. The molecule has 5 heteroatoms. The molecule has 0 aromatic rings. The lowest BCUT2D eigenvalue weighted by Gasteiger charge is -2.25. The molecule has 1 amide bonds. The maximum absolute atomic E-state index is 11.5. The second kappa shape index (κ2) is 5.70. The molecule has 0 radical (unpaired) electrons. The first kappa shape index (κ1) is 13.9. The number of nitrogens with two attached hydrogens (primary N) is 1. The zero-order chi connectivity index (χ0) is 12.1. The molecule has 0 unspecified atom stereocenters. The lowest BCUT2D eigenvalue weighted by molar-refractivity contribution is -0.143. The lowest BCUT2D eigenvalue weighted by Crippen LogP contribution is -2.49. The summed E-state index contributed by atoms with van der Waals surface area (Å²) in [7, 11) is 0. The van der Waals surface area contributed by atoms with Crippen LogP contribution in [0.1, 0.15) is 27.7 Å². The van der Waals surface area contributed by atoms with Gasteiger partial charge in [-0.05, 0) is 12.3 Å². The minimum absolute atomic E-state index is 0.129. The van der Waals surface area contributed by atoms with Gasteiger partial charge in [0.25, 0.3) is 0 Å². The Kier molecular flexibility index (Phi) is 5.28. The van der Waals surface area contributed by atoms with Gasteiger partial charge in [-0.25, -0.2) is 0 Å². The van der Waals surface area contributed by atoms with Crippen LogP contribution < -0.4 is 11.1 Å². The maximum atomic E-state index is 11.5. The van der Waals surface area contributed by atoms with Crippen LogP contribution in [-0.2, 0) is 14.3 Å². The predicted octanol–water partition coefficient (Wildman–Crippen LogP) is 0.0391. The molecule has 0 spiro atoms. The van der Waals surface area contributed by atoms with Crippen molar-refractivity contribution in [2.45, 2.75) is 33.7 Å². The van der Waals surface area contributed by atoms with Crippen LogP contribution in [0.25, 0.3) is 0 Å². The van der Waals surface area contributed by atoms with Gasteiger partial charge in [0.05, 0.1) is 12.6 Å². The SMILES string of the molecule is CCOC(=O)CNC(=O)[C@@H](N)C(C)(C)C. The van der Waals surface area contributed by atoms with E-state index in [2.05, 4.69) is 10.1 Å². The Morgan fingerprint density at radius 3 is 2.33 bits per heavy atom. The number of hydrogen-bond donors (Lipinski definition) is 2. The molecule has 15 heavy (non-hydrogen) atoms. The minimum atomic E-state index is -0.632. The third kappa shape index (κ3) is 5.37. The summed E-state index contributed by atoms with van der Waals surface area (Å²) in [6, 6.07) is -0.632. The highest BCUT2D eigenvalue weighted by atomic mass is 16.5. The molecule has 0 aliphatic carbocycles. The average molecular weight is 216 g/mol. The fourth-order valence-corrected chi connectivity index (χ4v) is 0.875. The van der Waals surface area contributed by atoms with Crippen LogP contribution in [-0.4, -0.2) is 31.1 Å². The summed E-state index contributed by atoms with van der Waals surface area (Å²) in [4.78, 5) is 22.4. The summed E-state index contributed by atoms with van der Waals surface area (Å²) < 4.78 is 4.66. The first-order valence-corrected chi connectivity index (χ1v) is 4.98. The summed E-state index contributed by atoms with van der Waals surface area (Å²) in [5.74, 6) is -0.789. The van der Waals surface area contributed by atoms with Gasteiger partial charge in [-0.15, -0.1) is 0 Å². The second-order valence-electron chi connectivity index (χ2n) is 4.37. The van der Waals surface area contributed by atoms with Gasteiger partial charge in [-0.3, -0.25) is 9.59 Å². The number of esters is 1. The number of hydrogen-bond acceptors (Lipinski definition) is 4. The monoisotopic (exact) mass is 216 g/mol. The molecule has 0 heterocycles. The Morgan fingerprint density at radius 2 is 1.93 bits per heavy atom. The quantitative estimate of drug-likeness (QED) is 0.650. The van der Waals surface area contributed by atoms with E-state index < -0.39 is 12.0 Å². The van der Waals surface area contributed by atoms with Gasteiger partial charge in [0.15, 0.2) is 0 Å². The molecule has 0 aromatic heterocycles. The van der Waals surface area contributed by atoms with Crippen molar-refractivity contribution in [1.29, 1.82) is 0 Å². The molecule has 1 atom stereocenters. The van der Waals surface area contributed by atoms with Crippen molar-refractivity contribution < 1.29 is 14.3 Å². The van der Waals surface area contributed by atoms with Crippen molar-refractivity contribution in [1.82, 2.24) is 5.32 Å². The Hall–Kier alpha value is -1.10. The van der Waals surface area contributed by atoms with Crippen molar-refractivity contribution in [2.75, 3.05) is 13.2 Å². The van der Waals surface area contributed by atoms with Crippen LogP contribution in [0.15, 0.2) is 0 Å². The number of rotatable bonds is 4. The predicted molar refractivity (Wildman–Crippen MR) is 57.1 cm³/mol. The molecule has 0 bridgehead atoms. The molecule has 0 aliphatic rings. The van der Waals surface area contributed by atoms with Crippen LogP contribution >= 0.6 is 0 Å². The van der Waals surface area contributed by atoms with Crippen molar-refractivity contribution in [3.63, 3.8) is 0 Å². The van der Waals surface area contributed by atoms with E-state index in [1.165, 1.54) is 0 Å². The van der Waals surface area contributed by atoms with E-state index in [-0.39, 0.29) is 17.9 Å². The Morgan fingerprint density at radius 1 is 1.40 bits per heavy atom. The topological polar surface area (TPSA) is 81.4 Å². The molecule has 0 saturated carbocycles. The fraction of sp³-hybridized carbons (Fsp3) is 0.800. The van der Waals surface area contributed by atoms with Crippen molar-refractivity contribution in [3.05, 3.63) is 0 Å². The standard InChI is InChI=1S/C10H20N2O3/c1-5-15-7(13)6-12-9(14)8(11)10(2,3)4/h8H,5-6,11H2,1-4H3,(H,12,14)/t8-/m1/s1. The number of carbonyl (C=O) groups excluding carboxylic acids is 2. The number of carbonyl (C=O) groups is 2. The lowest BCUT2D eigenvalue weighted by atomic mass is 9.87. The highest BCUT2D eigenvalue weighted by Gasteiger charge is 2.27. The molecule has 88 valence electrons. The largest absolute Gasteiger partial charge is 0.465 e. The Labute approximate surface area is 90.4 Å². The van der Waals surface area contributed by atoms with Gasteiger partial charge >= 0.3 is 5.97 Å². The van der Waals surface area contributed by atoms with Gasteiger partial charge in [-0.2, -0.15) is 0 Å². The second-order valence-corrected chi connectivity index (χ2v) is 4.37. The van der Waals surface area contributed by atoms with Crippen LogP contribution in [0.5, 0.6) is 0 Å². The van der Waals surface area contributed by atoms with Crippen LogP contribution in [0.4, 0.5) is 0 Å². The summed E-state index contributed by atoms with van der Waals surface area (Å²) in [5, 5.41) is 2.44. The minimum Gasteiger partial charge on any atom is -0.465 e. The zero-order valence-electron chi connectivity index (χ0n) is 9.79. The van der Waals surface area contributed by atoms with Gasteiger partial charge in [0, 0.05) is 0 Å². The summed E-state index contributed by atoms with van der Waals surface area (Å²) in [5.41, 5.74) is 5.37. The number of ether oxygens (including phenoxy) is 1. The van der Waals surface area contributed by atoms with Crippen molar-refractivity contribution >= 4 is 11.9 Å². The smallest absolute Gasteiger partial charge is 0.325 e. The highest BCUT2D eigenvalue weighted by Crippen LogP contribution is 2.16. The van der Waals surface area contributed by atoms with Gasteiger partial charge in [0.1, 0.15) is 6.54 Å². The van der Waals surface area contributed by atoms with E-state index in [0.29, 0.717) is 6.61 Å². The molecule has 0 rings (SSSR count). The van der Waals surface area contributed by atoms with E-state index in [1.807, 2.05) is 20.8 Å². The van der Waals surface area contributed by atoms with Gasteiger partial charge < -0.3 is 15.8 Å². The number of amides is 1. The van der Waals surface area contributed by atoms with E-state index in [1.54, 1.807) is 6.92 Å². The molecular weight excluding hydrogens is 196 g/mol. The van der Waals surface area contributed by atoms with Crippen LogP contribution in [0.2, 0.25) is 0 Å². The third-order valence-corrected chi connectivity index (χ3v) is 1.93. The molecule has 0 saturated heterocycles. The first-order valence-electron chi connectivity index (χ1n) is 4.98. The van der Waals surface area contributed by atoms with E-state index >= 15 is 0 Å². The highest BCUT2D eigenvalue weighted by molar-refractivity contribution is 5.86. The van der Waals surface area contributed by atoms with E-state index in [9.17, 15) is 9.59 Å². The molecule has 0 fully saturated rings. The van der Waals surface area contributed by atoms with Crippen molar-refractivity contribution in [2.24, 2.45) is 11.1 Å². The Bertz CT molecular complexity index is 233. The fourth-order valence-electron chi connectivity index (χ4n) is 0.875. The molecule has 3 N–H and O–H groups in total. The van der Waals surface area contributed by atoms with Gasteiger partial charge in [-0.1, -0.05) is 20.8 Å². The van der Waals surface area contributed by atoms with E-state index in [0.717, 1.165) is 0 Å². The molecule has 5 nitrogen and oxygen atoms in total. The third-order valence-electron chi connectivity index (χ3n) is 1.93. The maximum Gasteiger partial charge on any atom is 0.325 e. The average Bonchev–Trinajstić information content (AvgIpc) is 2.12. The van der Waals surface area contributed by atoms with Crippen LogP contribution in [0, 0.1) is 5.41 Å². The first-order chi connectivity index (χ1) is 6.79. The van der Waals surface area contributed by atoms with Gasteiger partial charge in [0.2, 0.25) is 5.91 Å². The summed E-state index contributed by atoms with van der Waals surface area (Å²) >= 11 is 0. The normalized spacial score (nSPS) is 13.1. The molecular formula is C10H20N2O3. The van der Waals surface area contributed by atoms with Crippen LogP contribution in [0.3, 0.4) is 0 Å².